The Morgan fingerprint density at radius 1 is 1.71 bits per heavy atom. The molecule has 1 unspecified atom stereocenters. The first-order valence-corrected chi connectivity index (χ1v) is 5.89. The molecule has 0 spiro atoms. The lowest BCUT2D eigenvalue weighted by atomic mass is 11.1. The summed E-state index contributed by atoms with van der Waals surface area (Å²) in [5.41, 5.74) is 1.94. The number of nitrogens with zero attached hydrogens (tertiary/aromatic N) is 1. The molecule has 0 saturated carbocycles. The summed E-state index contributed by atoms with van der Waals surface area (Å²) in [6.07, 6.45) is 3.95. The highest BCUT2D eigenvalue weighted by atomic mass is 79.9. The Hall–Kier alpha value is 0.240. The Bertz CT molecular complexity index is 114. The molecule has 1 aliphatic heterocycles. The monoisotopic (exact) mass is 179 g/mol. The van der Waals surface area contributed by atoms with Gasteiger partial charge in [0.1, 0.15) is 0 Å². The van der Waals surface area contributed by atoms with Crippen molar-refractivity contribution in [2.45, 2.75) is 0 Å². The SMILES string of the molecule is CS1(Br)C=CN=C1. The predicted molar refractivity (Wildman–Crippen MR) is 40.1 cm³/mol. The van der Waals surface area contributed by atoms with Crippen molar-refractivity contribution in [3.05, 3.63) is 11.6 Å². The van der Waals surface area contributed by atoms with E-state index in [1.54, 1.807) is 0 Å². The summed E-state index contributed by atoms with van der Waals surface area (Å²) in [6.45, 7) is 0. The highest BCUT2D eigenvalue weighted by Gasteiger charge is 2.07. The van der Waals surface area contributed by atoms with E-state index in [1.165, 1.54) is 0 Å². The van der Waals surface area contributed by atoms with Crippen molar-refractivity contribution >= 4 is 28.8 Å². The zero-order valence-corrected chi connectivity index (χ0v) is 6.37. The van der Waals surface area contributed by atoms with Gasteiger partial charge in [-0.1, -0.05) is 0 Å². The second-order valence-electron chi connectivity index (χ2n) is 1.48. The minimum Gasteiger partial charge on any atom is -0.258 e. The van der Waals surface area contributed by atoms with Crippen molar-refractivity contribution in [1.29, 1.82) is 0 Å². The first kappa shape index (κ1) is 5.38. The third kappa shape index (κ3) is 1.31. The predicted octanol–water partition coefficient (Wildman–Crippen LogP) is 2.24. The Labute approximate surface area is 52.0 Å². The lowest BCUT2D eigenvalue weighted by Crippen LogP contribution is -1.74. The van der Waals surface area contributed by atoms with Crippen LogP contribution in [0.25, 0.3) is 0 Å². The Balaban J connectivity index is 2.77. The molecule has 0 saturated heterocycles. The fourth-order valence-electron chi connectivity index (χ4n) is 0.343. The maximum absolute atomic E-state index is 3.92. The Kier molecular flexibility index (Phi) is 1.26. The van der Waals surface area contributed by atoms with Gasteiger partial charge >= 0.3 is 0 Å². The third-order valence-electron chi connectivity index (χ3n) is 0.680. The second kappa shape index (κ2) is 1.63. The zero-order chi connectivity index (χ0) is 5.33. The average Bonchev–Trinajstić information content (AvgIpc) is 1.84. The fraction of sp³-hybridized carbons (Fsp3) is 0.250. The average molecular weight is 180 g/mol. The maximum Gasteiger partial charge on any atom is 0.0553 e. The van der Waals surface area contributed by atoms with Crippen LogP contribution in [0.4, 0.5) is 0 Å². The number of hydrogen-bond acceptors (Lipinski definition) is 1. The van der Waals surface area contributed by atoms with E-state index < -0.39 is 8.46 Å². The summed E-state index contributed by atoms with van der Waals surface area (Å²) >= 11 is 3.49. The molecule has 0 bridgehead atoms. The van der Waals surface area contributed by atoms with Crippen molar-refractivity contribution in [2.75, 3.05) is 6.26 Å². The number of aliphatic imine (C=N–C) groups is 1. The maximum atomic E-state index is 3.92. The molecule has 0 N–H and O–H groups in total. The van der Waals surface area contributed by atoms with Crippen LogP contribution in [-0.2, 0) is 0 Å². The minimum atomic E-state index is -0.706. The van der Waals surface area contributed by atoms with Crippen molar-refractivity contribution in [3.63, 3.8) is 0 Å². The van der Waals surface area contributed by atoms with E-state index in [9.17, 15) is 0 Å². The van der Waals surface area contributed by atoms with Crippen LogP contribution in [0.15, 0.2) is 16.6 Å². The van der Waals surface area contributed by atoms with Gasteiger partial charge in [0.25, 0.3) is 0 Å². The molecule has 3 heteroatoms. The van der Waals surface area contributed by atoms with Crippen LogP contribution < -0.4 is 0 Å². The minimum absolute atomic E-state index is 0.706. The lowest BCUT2D eigenvalue weighted by molar-refractivity contribution is 1.65. The summed E-state index contributed by atoms with van der Waals surface area (Å²) in [7, 11) is -0.706. The van der Waals surface area contributed by atoms with E-state index in [0.717, 1.165) is 0 Å². The van der Waals surface area contributed by atoms with E-state index in [4.69, 9.17) is 0 Å². The highest BCUT2D eigenvalue weighted by molar-refractivity contribution is 9.60. The molecule has 0 aromatic rings. The first-order valence-electron chi connectivity index (χ1n) is 1.88. The van der Waals surface area contributed by atoms with Crippen molar-refractivity contribution in [2.24, 2.45) is 4.99 Å². The molecule has 7 heavy (non-hydrogen) atoms. The van der Waals surface area contributed by atoms with Crippen LogP contribution in [0.5, 0.6) is 0 Å². The summed E-state index contributed by atoms with van der Waals surface area (Å²) in [5, 5.41) is 2.08. The standard InChI is InChI=1S/C4H6BrNS/c1-7(5)3-2-6-4-7/h2-4H,1H3. The van der Waals surface area contributed by atoms with Gasteiger partial charge in [-0.25, -0.2) is 0 Å². The van der Waals surface area contributed by atoms with E-state index in [0.29, 0.717) is 0 Å². The zero-order valence-electron chi connectivity index (χ0n) is 3.97. The van der Waals surface area contributed by atoms with Gasteiger partial charge in [0.05, 0.1) is 5.55 Å². The number of rotatable bonds is 0. The van der Waals surface area contributed by atoms with Crippen LogP contribution >= 0.6 is 23.3 Å². The van der Waals surface area contributed by atoms with Gasteiger partial charge in [-0.2, -0.15) is 0 Å². The second-order valence-corrected chi connectivity index (χ2v) is 8.03. The van der Waals surface area contributed by atoms with Crippen molar-refractivity contribution in [1.82, 2.24) is 0 Å². The van der Waals surface area contributed by atoms with Gasteiger partial charge in [0, 0.05) is 6.20 Å². The van der Waals surface area contributed by atoms with Crippen LogP contribution in [-0.4, -0.2) is 11.8 Å². The molecule has 40 valence electrons. The normalized spacial score (nSPS) is 46.6. The number of halogens is 1. The van der Waals surface area contributed by atoms with Gasteiger partial charge in [-0.15, -0.1) is 8.46 Å². The smallest absolute Gasteiger partial charge is 0.0553 e. The molecular weight excluding hydrogens is 174 g/mol. The molecule has 1 heterocycles. The molecule has 1 aliphatic rings. The fourth-order valence-corrected chi connectivity index (χ4v) is 1.61. The quantitative estimate of drug-likeness (QED) is 0.542. The molecule has 1 atom stereocenters. The van der Waals surface area contributed by atoms with Crippen molar-refractivity contribution in [3.8, 4) is 0 Å². The summed E-state index contributed by atoms with van der Waals surface area (Å²) in [4.78, 5) is 3.92. The summed E-state index contributed by atoms with van der Waals surface area (Å²) < 4.78 is 0. The topological polar surface area (TPSA) is 12.4 Å². The van der Waals surface area contributed by atoms with E-state index in [1.807, 2.05) is 11.7 Å². The molecule has 0 aliphatic carbocycles. The Morgan fingerprint density at radius 2 is 2.43 bits per heavy atom. The van der Waals surface area contributed by atoms with Gasteiger partial charge in [-0.05, 0) is 26.5 Å². The van der Waals surface area contributed by atoms with E-state index in [2.05, 4.69) is 31.5 Å². The molecule has 0 aromatic carbocycles. The van der Waals surface area contributed by atoms with Crippen LogP contribution in [0.1, 0.15) is 0 Å². The highest BCUT2D eigenvalue weighted by Crippen LogP contribution is 2.52. The molecule has 0 fully saturated rings. The molecular formula is C4H6BrNS. The molecule has 0 aromatic heterocycles. The van der Waals surface area contributed by atoms with Gasteiger partial charge < -0.3 is 0 Å². The molecule has 0 radical (unpaired) electrons. The molecule has 1 rings (SSSR count). The largest absolute Gasteiger partial charge is 0.258 e. The van der Waals surface area contributed by atoms with Crippen molar-refractivity contribution < 1.29 is 0 Å². The molecule has 1 nitrogen and oxygen atoms in total. The molecule has 0 amide bonds. The summed E-state index contributed by atoms with van der Waals surface area (Å²) in [5.74, 6) is 0. The van der Waals surface area contributed by atoms with Gasteiger partial charge in [0.2, 0.25) is 0 Å². The van der Waals surface area contributed by atoms with Crippen LogP contribution in [0.2, 0.25) is 0 Å². The van der Waals surface area contributed by atoms with Gasteiger partial charge in [-0.3, -0.25) is 4.99 Å². The number of hydrogen-bond donors (Lipinski definition) is 0. The first-order chi connectivity index (χ1) is 3.21. The third-order valence-corrected chi connectivity index (χ3v) is 3.02. The lowest BCUT2D eigenvalue weighted by Gasteiger charge is -2.11. The van der Waals surface area contributed by atoms with Crippen LogP contribution in [0.3, 0.4) is 0 Å². The van der Waals surface area contributed by atoms with E-state index >= 15 is 0 Å². The Morgan fingerprint density at radius 3 is 2.57 bits per heavy atom. The van der Waals surface area contributed by atoms with Crippen LogP contribution in [0, 0.1) is 0 Å². The van der Waals surface area contributed by atoms with E-state index in [-0.39, 0.29) is 0 Å². The summed E-state index contributed by atoms with van der Waals surface area (Å²) in [6, 6.07) is 0. The van der Waals surface area contributed by atoms with Gasteiger partial charge in [0.15, 0.2) is 0 Å².